The van der Waals surface area contributed by atoms with Gasteiger partial charge in [-0.2, -0.15) is 13.2 Å². The third kappa shape index (κ3) is 3.57. The topological polar surface area (TPSA) is 55.1 Å². The lowest BCUT2D eigenvalue weighted by Crippen LogP contribution is -2.56. The molecular weight excluding hydrogens is 265 g/mol. The molecule has 0 aliphatic heterocycles. The van der Waals surface area contributed by atoms with Crippen molar-refractivity contribution < 1.29 is 18.0 Å². The van der Waals surface area contributed by atoms with Crippen LogP contribution in [-0.4, -0.2) is 23.6 Å². The summed E-state index contributed by atoms with van der Waals surface area (Å²) in [6, 6.07) is 0. The molecule has 0 saturated heterocycles. The predicted molar refractivity (Wildman–Crippen MR) is 65.9 cm³/mol. The minimum Gasteiger partial charge on any atom is -0.392 e. The maximum absolute atomic E-state index is 11.9. The second kappa shape index (κ2) is 5.42. The molecule has 0 unspecified atom stereocenters. The van der Waals surface area contributed by atoms with Crippen molar-refractivity contribution in [3.8, 4) is 0 Å². The zero-order chi connectivity index (χ0) is 14.0. The molecule has 1 aliphatic carbocycles. The van der Waals surface area contributed by atoms with Crippen LogP contribution in [0, 0.1) is 11.3 Å². The average molecular weight is 282 g/mol. The molecule has 18 heavy (non-hydrogen) atoms. The molecule has 1 saturated carbocycles. The number of nitrogens with one attached hydrogen (secondary N) is 1. The van der Waals surface area contributed by atoms with E-state index in [4.69, 9.17) is 18.0 Å². The molecule has 104 valence electrons. The Labute approximate surface area is 109 Å². The Bertz CT molecular complexity index is 338. The van der Waals surface area contributed by atoms with Gasteiger partial charge in [0.05, 0.1) is 10.4 Å². The van der Waals surface area contributed by atoms with E-state index in [2.05, 4.69) is 5.32 Å². The number of nitrogens with two attached hydrogens (primary N) is 1. The zero-order valence-electron chi connectivity index (χ0n) is 10.1. The highest BCUT2D eigenvalue weighted by Gasteiger charge is 2.50. The van der Waals surface area contributed by atoms with Crippen LogP contribution in [0.5, 0.6) is 0 Å². The van der Waals surface area contributed by atoms with Crippen molar-refractivity contribution in [3.63, 3.8) is 0 Å². The summed E-state index contributed by atoms with van der Waals surface area (Å²) in [7, 11) is 0. The molecule has 0 heterocycles. The summed E-state index contributed by atoms with van der Waals surface area (Å²) >= 11 is 4.89. The molecule has 1 rings (SSSR count). The molecule has 0 aromatic rings. The molecule has 0 atom stereocenters. The normalized spacial score (nSPS) is 27.4. The molecule has 0 aromatic heterocycles. The second-order valence-electron chi connectivity index (χ2n) is 4.93. The molecule has 0 spiro atoms. The fraction of sp³-hybridized carbons (Fsp3) is 0.818. The van der Waals surface area contributed by atoms with Crippen molar-refractivity contribution >= 4 is 23.1 Å². The number of carbonyl (C=O) groups is 1. The van der Waals surface area contributed by atoms with Gasteiger partial charge in [-0.15, -0.1) is 0 Å². The summed E-state index contributed by atoms with van der Waals surface area (Å²) in [5.74, 6) is 0.0303. The van der Waals surface area contributed by atoms with Crippen molar-refractivity contribution in [3.05, 3.63) is 0 Å². The average Bonchev–Trinajstić information content (AvgIpc) is 2.17. The van der Waals surface area contributed by atoms with Crippen molar-refractivity contribution in [2.24, 2.45) is 17.1 Å². The molecule has 1 amide bonds. The third-order valence-electron chi connectivity index (χ3n) is 3.22. The van der Waals surface area contributed by atoms with E-state index in [1.54, 1.807) is 0 Å². The highest BCUT2D eigenvalue weighted by Crippen LogP contribution is 2.45. The van der Waals surface area contributed by atoms with Gasteiger partial charge >= 0.3 is 6.18 Å². The quantitative estimate of drug-likeness (QED) is 0.600. The van der Waals surface area contributed by atoms with Crippen LogP contribution in [0.3, 0.4) is 0 Å². The fourth-order valence-corrected chi connectivity index (χ4v) is 2.55. The Morgan fingerprint density at radius 2 is 2.06 bits per heavy atom. The van der Waals surface area contributed by atoms with E-state index in [1.807, 2.05) is 6.92 Å². The van der Waals surface area contributed by atoms with E-state index < -0.39 is 18.0 Å². The number of rotatable bonds is 5. The molecule has 1 fully saturated rings. The maximum Gasteiger partial charge on any atom is 0.389 e. The number of hydrogen-bond acceptors (Lipinski definition) is 2. The first-order valence-corrected chi connectivity index (χ1v) is 6.23. The van der Waals surface area contributed by atoms with E-state index in [1.165, 1.54) is 0 Å². The number of thiocarbonyl (C=S) groups is 1. The van der Waals surface area contributed by atoms with E-state index in [9.17, 15) is 18.0 Å². The summed E-state index contributed by atoms with van der Waals surface area (Å²) in [6.45, 7) is 1.98. The lowest BCUT2D eigenvalue weighted by molar-refractivity contribution is -0.138. The summed E-state index contributed by atoms with van der Waals surface area (Å²) in [6.07, 6.45) is -4.06. The summed E-state index contributed by atoms with van der Waals surface area (Å²) in [5, 5.41) is 2.49. The van der Waals surface area contributed by atoms with E-state index in [0.717, 1.165) is 0 Å². The number of amides is 1. The molecule has 7 heteroatoms. The van der Waals surface area contributed by atoms with Crippen molar-refractivity contribution in [2.45, 2.75) is 38.8 Å². The van der Waals surface area contributed by atoms with Crippen LogP contribution in [0.2, 0.25) is 0 Å². The summed E-state index contributed by atoms with van der Waals surface area (Å²) in [5.41, 5.74) is 4.72. The van der Waals surface area contributed by atoms with Gasteiger partial charge < -0.3 is 11.1 Å². The number of hydrogen-bond donors (Lipinski definition) is 2. The molecule has 1 aliphatic rings. The van der Waals surface area contributed by atoms with Crippen LogP contribution in [-0.2, 0) is 4.79 Å². The van der Waals surface area contributed by atoms with Crippen molar-refractivity contribution in [1.82, 2.24) is 5.32 Å². The molecular formula is C11H17F3N2OS. The molecule has 0 radical (unpaired) electrons. The second-order valence-corrected chi connectivity index (χ2v) is 5.37. The first kappa shape index (κ1) is 15.2. The van der Waals surface area contributed by atoms with Gasteiger partial charge in [0.25, 0.3) is 0 Å². The van der Waals surface area contributed by atoms with Gasteiger partial charge in [-0.3, -0.25) is 4.79 Å². The standard InChI is InChI=1S/C11H17F3N2OS/c1-7-5-10(6-7,8(15)18)9(17)16-4-2-3-11(12,13)14/h7H,2-6H2,1H3,(H2,15,18)(H,16,17). The van der Waals surface area contributed by atoms with Crippen LogP contribution in [0.15, 0.2) is 0 Å². The van der Waals surface area contributed by atoms with Crippen molar-refractivity contribution in [1.29, 1.82) is 0 Å². The molecule has 3 nitrogen and oxygen atoms in total. The lowest BCUT2D eigenvalue weighted by atomic mass is 9.62. The highest BCUT2D eigenvalue weighted by molar-refractivity contribution is 7.80. The predicted octanol–water partition coefficient (Wildman–Crippen LogP) is 2.15. The van der Waals surface area contributed by atoms with E-state index in [0.29, 0.717) is 18.8 Å². The van der Waals surface area contributed by atoms with Gasteiger partial charge in [-0.05, 0) is 25.2 Å². The van der Waals surface area contributed by atoms with Crippen molar-refractivity contribution in [2.75, 3.05) is 6.54 Å². The highest BCUT2D eigenvalue weighted by atomic mass is 32.1. The zero-order valence-corrected chi connectivity index (χ0v) is 11.0. The first-order valence-electron chi connectivity index (χ1n) is 5.82. The van der Waals surface area contributed by atoms with Gasteiger partial charge in [0.1, 0.15) is 0 Å². The monoisotopic (exact) mass is 282 g/mol. The van der Waals surface area contributed by atoms with Gasteiger partial charge in [0.15, 0.2) is 0 Å². The van der Waals surface area contributed by atoms with E-state index in [-0.39, 0.29) is 23.9 Å². The minimum atomic E-state index is -4.18. The van der Waals surface area contributed by atoms with Crippen LogP contribution in [0.4, 0.5) is 13.2 Å². The molecule has 0 bridgehead atoms. The SMILES string of the molecule is CC1CC(C(=O)NCCCC(F)(F)F)(C(N)=S)C1. The summed E-state index contributed by atoms with van der Waals surface area (Å²) in [4.78, 5) is 12.0. The maximum atomic E-state index is 11.9. The number of halogens is 3. The molecule has 3 N–H and O–H groups in total. The third-order valence-corrected chi connectivity index (χ3v) is 3.61. The van der Waals surface area contributed by atoms with E-state index >= 15 is 0 Å². The lowest BCUT2D eigenvalue weighted by Gasteiger charge is -2.44. The fourth-order valence-electron chi connectivity index (χ4n) is 2.29. The first-order chi connectivity index (χ1) is 8.17. The summed E-state index contributed by atoms with van der Waals surface area (Å²) < 4.78 is 35.8. The van der Waals surface area contributed by atoms with Crippen LogP contribution >= 0.6 is 12.2 Å². The van der Waals surface area contributed by atoms with Gasteiger partial charge in [-0.25, -0.2) is 0 Å². The van der Waals surface area contributed by atoms with Gasteiger partial charge in [0.2, 0.25) is 5.91 Å². The van der Waals surface area contributed by atoms with Gasteiger partial charge in [-0.1, -0.05) is 19.1 Å². The van der Waals surface area contributed by atoms with Crippen LogP contribution in [0.25, 0.3) is 0 Å². The molecule has 0 aromatic carbocycles. The van der Waals surface area contributed by atoms with Gasteiger partial charge in [0, 0.05) is 13.0 Å². The Kier molecular flexibility index (Phi) is 4.58. The minimum absolute atomic E-state index is 0.00289. The Morgan fingerprint density at radius 3 is 2.44 bits per heavy atom. The Hall–Kier alpha value is -0.850. The largest absolute Gasteiger partial charge is 0.392 e. The Balaban J connectivity index is 2.38. The Morgan fingerprint density at radius 1 is 1.50 bits per heavy atom. The van der Waals surface area contributed by atoms with Crippen LogP contribution < -0.4 is 11.1 Å². The van der Waals surface area contributed by atoms with Crippen LogP contribution in [0.1, 0.15) is 32.6 Å². The number of carbonyl (C=O) groups excluding carboxylic acids is 1. The number of alkyl halides is 3. The smallest absolute Gasteiger partial charge is 0.389 e.